The molecule has 2 aromatic heterocycles. The number of ketones is 1. The zero-order valence-electron chi connectivity index (χ0n) is 16.8. The number of carbonyl (C=O) groups excluding carboxylic acids is 2. The Morgan fingerprint density at radius 3 is 2.77 bits per heavy atom. The van der Waals surface area contributed by atoms with Crippen LogP contribution in [0.3, 0.4) is 0 Å². The number of esters is 1. The van der Waals surface area contributed by atoms with Crippen LogP contribution in [0.15, 0.2) is 40.9 Å². The number of nitrogens with zero attached hydrogens (tertiary/aromatic N) is 3. The number of carbonyl (C=O) groups is 2. The van der Waals surface area contributed by atoms with Crippen LogP contribution in [0.2, 0.25) is 0 Å². The highest BCUT2D eigenvalue weighted by molar-refractivity contribution is 7.99. The Balaban J connectivity index is 1.31. The number of hydrogen-bond acceptors (Lipinski definition) is 7. The molecule has 0 aliphatic heterocycles. The van der Waals surface area contributed by atoms with E-state index in [1.165, 1.54) is 29.3 Å². The summed E-state index contributed by atoms with van der Waals surface area (Å²) in [7, 11) is 0. The average molecular weight is 442 g/mol. The number of thiophene rings is 1. The van der Waals surface area contributed by atoms with Crippen LogP contribution in [0.4, 0.5) is 0 Å². The third-order valence-corrected chi connectivity index (χ3v) is 6.93. The van der Waals surface area contributed by atoms with E-state index >= 15 is 0 Å². The van der Waals surface area contributed by atoms with Crippen LogP contribution >= 0.6 is 23.1 Å². The van der Waals surface area contributed by atoms with Gasteiger partial charge in [0, 0.05) is 12.1 Å². The predicted molar refractivity (Wildman–Crippen MR) is 118 cm³/mol. The fourth-order valence-corrected chi connectivity index (χ4v) is 5.09. The minimum atomic E-state index is -0.436. The van der Waals surface area contributed by atoms with E-state index in [0.29, 0.717) is 17.3 Å². The molecule has 0 N–H and O–H groups in total. The lowest BCUT2D eigenvalue weighted by atomic mass is 9.90. The van der Waals surface area contributed by atoms with Crippen molar-refractivity contribution in [1.82, 2.24) is 14.8 Å². The van der Waals surface area contributed by atoms with E-state index in [4.69, 9.17) is 4.74 Å². The first kappa shape index (κ1) is 20.8. The molecule has 1 aromatic carbocycles. The second-order valence-corrected chi connectivity index (χ2v) is 8.98. The van der Waals surface area contributed by atoms with Gasteiger partial charge in [0.2, 0.25) is 0 Å². The van der Waals surface area contributed by atoms with Crippen molar-refractivity contribution in [3.05, 3.63) is 52.4 Å². The van der Waals surface area contributed by atoms with Gasteiger partial charge in [0.25, 0.3) is 0 Å². The van der Waals surface area contributed by atoms with Gasteiger partial charge in [-0.2, -0.15) is 0 Å². The molecule has 4 rings (SSSR count). The van der Waals surface area contributed by atoms with E-state index in [-0.39, 0.29) is 18.1 Å². The number of benzene rings is 1. The SMILES string of the molecule is CCn1c(SCC(=O)OCC(=O)c2ccc3c(c2)CCCC3)nnc1-c1cccs1. The molecular formula is C22H23N3O3S2. The van der Waals surface area contributed by atoms with E-state index in [9.17, 15) is 9.59 Å². The van der Waals surface area contributed by atoms with Gasteiger partial charge in [-0.15, -0.1) is 21.5 Å². The molecule has 0 bridgehead atoms. The van der Waals surface area contributed by atoms with Gasteiger partial charge in [0.1, 0.15) is 0 Å². The van der Waals surface area contributed by atoms with Crippen molar-refractivity contribution in [2.24, 2.45) is 0 Å². The number of Topliss-reactive ketones (excluding diaryl/α,β-unsaturated/α-hetero) is 1. The lowest BCUT2D eigenvalue weighted by Gasteiger charge is -2.16. The summed E-state index contributed by atoms with van der Waals surface area (Å²) in [5, 5.41) is 11.1. The summed E-state index contributed by atoms with van der Waals surface area (Å²) >= 11 is 2.87. The molecule has 1 aliphatic carbocycles. The van der Waals surface area contributed by atoms with Gasteiger partial charge in [-0.05, 0) is 61.2 Å². The number of rotatable bonds is 8. The van der Waals surface area contributed by atoms with Crippen LogP contribution in [-0.4, -0.2) is 38.9 Å². The van der Waals surface area contributed by atoms with Crippen LogP contribution in [-0.2, 0) is 28.9 Å². The molecule has 0 radical (unpaired) electrons. The largest absolute Gasteiger partial charge is 0.457 e. The standard InChI is InChI=1S/C22H23N3O3S2/c1-2-25-21(19-8-5-11-29-19)23-24-22(25)30-14-20(27)28-13-18(26)17-10-9-15-6-3-4-7-16(15)12-17/h5,8-12H,2-4,6-7,13-14H2,1H3. The van der Waals surface area contributed by atoms with Crippen molar-refractivity contribution in [2.45, 2.75) is 44.3 Å². The Morgan fingerprint density at radius 2 is 2.00 bits per heavy atom. The van der Waals surface area contributed by atoms with Crippen LogP contribution in [0.1, 0.15) is 41.3 Å². The lowest BCUT2D eigenvalue weighted by Crippen LogP contribution is -2.16. The number of fused-ring (bicyclic) bond motifs is 1. The summed E-state index contributed by atoms with van der Waals surface area (Å²) in [6.45, 7) is 2.48. The predicted octanol–water partition coefficient (Wildman–Crippen LogP) is 4.42. The molecule has 0 spiro atoms. The van der Waals surface area contributed by atoms with Gasteiger partial charge >= 0.3 is 5.97 Å². The molecule has 2 heterocycles. The Morgan fingerprint density at radius 1 is 1.17 bits per heavy atom. The molecule has 0 saturated heterocycles. The van der Waals surface area contributed by atoms with Crippen LogP contribution < -0.4 is 0 Å². The minimum Gasteiger partial charge on any atom is -0.457 e. The van der Waals surface area contributed by atoms with Crippen molar-refractivity contribution in [3.8, 4) is 10.7 Å². The molecule has 30 heavy (non-hydrogen) atoms. The van der Waals surface area contributed by atoms with Gasteiger partial charge in [-0.3, -0.25) is 9.59 Å². The molecule has 1 aliphatic rings. The Bertz CT molecular complexity index is 1040. The van der Waals surface area contributed by atoms with E-state index < -0.39 is 5.97 Å². The quantitative estimate of drug-likeness (QED) is 0.293. The second kappa shape index (κ2) is 9.57. The Hall–Kier alpha value is -2.45. The Labute approximate surface area is 183 Å². The second-order valence-electron chi connectivity index (χ2n) is 7.09. The van der Waals surface area contributed by atoms with Gasteiger partial charge in [0.05, 0.1) is 10.6 Å². The lowest BCUT2D eigenvalue weighted by molar-refractivity contribution is -0.139. The zero-order chi connectivity index (χ0) is 20.9. The van der Waals surface area contributed by atoms with E-state index in [1.807, 2.05) is 47.2 Å². The summed E-state index contributed by atoms with van der Waals surface area (Å²) in [4.78, 5) is 25.6. The molecule has 0 fully saturated rings. The highest BCUT2D eigenvalue weighted by Gasteiger charge is 2.17. The normalized spacial score (nSPS) is 13.1. The summed E-state index contributed by atoms with van der Waals surface area (Å²) < 4.78 is 7.19. The maximum atomic E-state index is 12.4. The van der Waals surface area contributed by atoms with Crippen molar-refractivity contribution in [3.63, 3.8) is 0 Å². The van der Waals surface area contributed by atoms with Gasteiger partial charge in [-0.1, -0.05) is 30.0 Å². The van der Waals surface area contributed by atoms with Crippen molar-refractivity contribution in [2.75, 3.05) is 12.4 Å². The number of aromatic nitrogens is 3. The highest BCUT2D eigenvalue weighted by Crippen LogP contribution is 2.27. The van der Waals surface area contributed by atoms with Gasteiger partial charge in [0.15, 0.2) is 23.4 Å². The zero-order valence-corrected chi connectivity index (χ0v) is 18.4. The molecule has 8 heteroatoms. The maximum Gasteiger partial charge on any atom is 0.316 e. The number of aryl methyl sites for hydroxylation is 2. The van der Waals surface area contributed by atoms with E-state index in [0.717, 1.165) is 30.0 Å². The molecule has 156 valence electrons. The summed E-state index contributed by atoms with van der Waals surface area (Å²) in [6.07, 6.45) is 4.45. The summed E-state index contributed by atoms with van der Waals surface area (Å²) in [5.41, 5.74) is 3.19. The fraction of sp³-hybridized carbons (Fsp3) is 0.364. The number of ether oxygens (including phenoxy) is 1. The van der Waals surface area contributed by atoms with Crippen molar-refractivity contribution < 1.29 is 14.3 Å². The molecule has 6 nitrogen and oxygen atoms in total. The van der Waals surface area contributed by atoms with Gasteiger partial charge < -0.3 is 9.30 Å². The monoisotopic (exact) mass is 441 g/mol. The minimum absolute atomic E-state index is 0.0834. The third-order valence-electron chi connectivity index (χ3n) is 5.13. The summed E-state index contributed by atoms with van der Waals surface area (Å²) in [5.74, 6) is 0.277. The topological polar surface area (TPSA) is 74.1 Å². The fourth-order valence-electron chi connectivity index (χ4n) is 3.57. The van der Waals surface area contributed by atoms with Crippen LogP contribution in [0.5, 0.6) is 0 Å². The number of hydrogen-bond donors (Lipinski definition) is 0. The molecule has 0 unspecified atom stereocenters. The highest BCUT2D eigenvalue weighted by atomic mass is 32.2. The van der Waals surface area contributed by atoms with Crippen molar-refractivity contribution in [1.29, 1.82) is 0 Å². The first-order chi connectivity index (χ1) is 14.7. The van der Waals surface area contributed by atoms with Gasteiger partial charge in [-0.25, -0.2) is 0 Å². The average Bonchev–Trinajstić information content (AvgIpc) is 3.45. The van der Waals surface area contributed by atoms with Crippen molar-refractivity contribution >= 4 is 34.9 Å². The molecule has 0 atom stereocenters. The number of thioether (sulfide) groups is 1. The first-order valence-corrected chi connectivity index (χ1v) is 11.9. The molecule has 0 saturated carbocycles. The van der Waals surface area contributed by atoms with Crippen LogP contribution in [0, 0.1) is 0 Å². The maximum absolute atomic E-state index is 12.4. The van der Waals surface area contributed by atoms with Crippen LogP contribution in [0.25, 0.3) is 10.7 Å². The third kappa shape index (κ3) is 4.65. The Kier molecular flexibility index (Phi) is 6.64. The van der Waals surface area contributed by atoms with E-state index in [2.05, 4.69) is 10.2 Å². The molecule has 3 aromatic rings. The molecular weight excluding hydrogens is 418 g/mol. The molecule has 0 amide bonds. The smallest absolute Gasteiger partial charge is 0.316 e. The summed E-state index contributed by atoms with van der Waals surface area (Å²) in [6, 6.07) is 9.79. The van der Waals surface area contributed by atoms with E-state index in [1.54, 1.807) is 11.3 Å². The first-order valence-electron chi connectivity index (χ1n) is 10.1.